The number of carboxylic acids is 1. The fourth-order valence-corrected chi connectivity index (χ4v) is 1.46. The summed E-state index contributed by atoms with van der Waals surface area (Å²) >= 11 is 0. The molecule has 1 rings (SSSR count). The lowest BCUT2D eigenvalue weighted by Gasteiger charge is -2.14. The molecule has 1 heterocycles. The van der Waals surface area contributed by atoms with Crippen molar-refractivity contribution in [3.63, 3.8) is 0 Å². The lowest BCUT2D eigenvalue weighted by Crippen LogP contribution is -2.39. The minimum absolute atomic E-state index is 0.402. The topological polar surface area (TPSA) is 58.6 Å². The van der Waals surface area contributed by atoms with E-state index >= 15 is 0 Å². The standard InChI is InChI=1S/C9H17NO3/c1-2-8(9(11)12)10-5-7-3-4-13-6-7/h7-8,10H,2-6H2,1H3,(H,11,12). The van der Waals surface area contributed by atoms with E-state index in [1.54, 1.807) is 0 Å². The third kappa shape index (κ3) is 3.32. The molecule has 0 spiro atoms. The van der Waals surface area contributed by atoms with Crippen molar-refractivity contribution >= 4 is 5.97 Å². The molecule has 0 radical (unpaired) electrons. The molecule has 2 N–H and O–H groups in total. The summed E-state index contributed by atoms with van der Waals surface area (Å²) < 4.78 is 5.20. The van der Waals surface area contributed by atoms with Gasteiger partial charge in [0.2, 0.25) is 0 Å². The van der Waals surface area contributed by atoms with Gasteiger partial charge >= 0.3 is 5.97 Å². The molecule has 76 valence electrons. The minimum atomic E-state index is -0.763. The first kappa shape index (κ1) is 10.5. The van der Waals surface area contributed by atoms with Crippen molar-refractivity contribution in [1.29, 1.82) is 0 Å². The Morgan fingerprint density at radius 1 is 1.77 bits per heavy atom. The van der Waals surface area contributed by atoms with Crippen molar-refractivity contribution in [3.8, 4) is 0 Å². The number of hydrogen-bond acceptors (Lipinski definition) is 3. The van der Waals surface area contributed by atoms with Gasteiger partial charge in [-0.3, -0.25) is 4.79 Å². The molecule has 0 aliphatic carbocycles. The normalized spacial score (nSPS) is 24.5. The molecule has 4 nitrogen and oxygen atoms in total. The molecule has 0 amide bonds. The van der Waals surface area contributed by atoms with E-state index in [1.807, 2.05) is 6.92 Å². The summed E-state index contributed by atoms with van der Waals surface area (Å²) in [6, 6.07) is -0.402. The van der Waals surface area contributed by atoms with Gasteiger partial charge in [0.15, 0.2) is 0 Å². The van der Waals surface area contributed by atoms with Crippen LogP contribution in [-0.4, -0.2) is 36.9 Å². The molecule has 2 unspecified atom stereocenters. The van der Waals surface area contributed by atoms with E-state index < -0.39 is 12.0 Å². The van der Waals surface area contributed by atoms with Crippen LogP contribution in [0.5, 0.6) is 0 Å². The van der Waals surface area contributed by atoms with Crippen LogP contribution >= 0.6 is 0 Å². The van der Waals surface area contributed by atoms with Crippen LogP contribution in [0.3, 0.4) is 0 Å². The van der Waals surface area contributed by atoms with E-state index in [0.29, 0.717) is 12.3 Å². The monoisotopic (exact) mass is 187 g/mol. The van der Waals surface area contributed by atoms with Gasteiger partial charge in [0.25, 0.3) is 0 Å². The Labute approximate surface area is 78.3 Å². The molecule has 1 aliphatic heterocycles. The highest BCUT2D eigenvalue weighted by Crippen LogP contribution is 2.11. The molecule has 0 bridgehead atoms. The first-order valence-electron chi connectivity index (χ1n) is 4.78. The van der Waals surface area contributed by atoms with E-state index in [-0.39, 0.29) is 0 Å². The second-order valence-electron chi connectivity index (χ2n) is 3.44. The Morgan fingerprint density at radius 3 is 3.00 bits per heavy atom. The van der Waals surface area contributed by atoms with Gasteiger partial charge in [0, 0.05) is 13.2 Å². The molecule has 0 aromatic carbocycles. The fourth-order valence-electron chi connectivity index (χ4n) is 1.46. The van der Waals surface area contributed by atoms with Crippen molar-refractivity contribution < 1.29 is 14.6 Å². The van der Waals surface area contributed by atoms with E-state index in [2.05, 4.69) is 5.32 Å². The number of carboxylic acid groups (broad SMARTS) is 1. The zero-order valence-electron chi connectivity index (χ0n) is 7.95. The maximum Gasteiger partial charge on any atom is 0.320 e. The van der Waals surface area contributed by atoms with Crippen LogP contribution in [-0.2, 0) is 9.53 Å². The highest BCUT2D eigenvalue weighted by atomic mass is 16.5. The average Bonchev–Trinajstić information content (AvgIpc) is 2.57. The van der Waals surface area contributed by atoms with Gasteiger partial charge in [-0.15, -0.1) is 0 Å². The lowest BCUT2D eigenvalue weighted by molar-refractivity contribution is -0.139. The summed E-state index contributed by atoms with van der Waals surface area (Å²) in [5, 5.41) is 11.8. The van der Waals surface area contributed by atoms with Crippen molar-refractivity contribution in [1.82, 2.24) is 5.32 Å². The van der Waals surface area contributed by atoms with E-state index in [4.69, 9.17) is 9.84 Å². The Balaban J connectivity index is 2.18. The number of nitrogens with one attached hydrogen (secondary N) is 1. The Hall–Kier alpha value is -0.610. The van der Waals surface area contributed by atoms with Crippen LogP contribution in [0.4, 0.5) is 0 Å². The third-order valence-corrected chi connectivity index (χ3v) is 2.38. The van der Waals surface area contributed by atoms with Crippen LogP contribution < -0.4 is 5.32 Å². The summed E-state index contributed by atoms with van der Waals surface area (Å²) in [5.41, 5.74) is 0. The number of hydrogen-bond donors (Lipinski definition) is 2. The van der Waals surface area contributed by atoms with Crippen LogP contribution in [0.2, 0.25) is 0 Å². The van der Waals surface area contributed by atoms with Crippen LogP contribution in [0.1, 0.15) is 19.8 Å². The fraction of sp³-hybridized carbons (Fsp3) is 0.889. The molecule has 0 saturated carbocycles. The molecule has 2 atom stereocenters. The van der Waals surface area contributed by atoms with Crippen LogP contribution in [0.25, 0.3) is 0 Å². The second-order valence-corrected chi connectivity index (χ2v) is 3.44. The van der Waals surface area contributed by atoms with Gasteiger partial charge in [0.1, 0.15) is 6.04 Å². The summed E-state index contributed by atoms with van der Waals surface area (Å²) in [6.45, 7) is 4.21. The van der Waals surface area contributed by atoms with Gasteiger partial charge in [-0.25, -0.2) is 0 Å². The Bertz CT molecular complexity index is 166. The number of aliphatic carboxylic acids is 1. The van der Waals surface area contributed by atoms with Crippen LogP contribution in [0.15, 0.2) is 0 Å². The smallest absolute Gasteiger partial charge is 0.320 e. The zero-order valence-corrected chi connectivity index (χ0v) is 7.95. The predicted molar refractivity (Wildman–Crippen MR) is 48.6 cm³/mol. The van der Waals surface area contributed by atoms with Crippen molar-refractivity contribution in [2.24, 2.45) is 5.92 Å². The molecule has 1 aliphatic rings. The predicted octanol–water partition coefficient (Wildman–Crippen LogP) is 0.476. The van der Waals surface area contributed by atoms with Gasteiger partial charge in [-0.1, -0.05) is 6.92 Å². The first-order valence-corrected chi connectivity index (χ1v) is 4.78. The summed E-state index contributed by atoms with van der Waals surface area (Å²) in [4.78, 5) is 10.6. The molecule has 4 heteroatoms. The van der Waals surface area contributed by atoms with Gasteiger partial charge in [0.05, 0.1) is 6.61 Å². The molecule has 1 saturated heterocycles. The summed E-state index contributed by atoms with van der Waals surface area (Å²) in [5.74, 6) is -0.269. The van der Waals surface area contributed by atoms with Gasteiger partial charge in [-0.2, -0.15) is 0 Å². The number of rotatable bonds is 5. The van der Waals surface area contributed by atoms with Crippen LogP contribution in [0, 0.1) is 5.92 Å². The quantitative estimate of drug-likeness (QED) is 0.657. The van der Waals surface area contributed by atoms with E-state index in [0.717, 1.165) is 26.2 Å². The highest BCUT2D eigenvalue weighted by Gasteiger charge is 2.19. The second kappa shape index (κ2) is 5.19. The van der Waals surface area contributed by atoms with Gasteiger partial charge in [-0.05, 0) is 18.8 Å². The molecule has 13 heavy (non-hydrogen) atoms. The molecular weight excluding hydrogens is 170 g/mol. The van der Waals surface area contributed by atoms with Crippen molar-refractivity contribution in [3.05, 3.63) is 0 Å². The lowest BCUT2D eigenvalue weighted by atomic mass is 10.1. The molecule has 0 aromatic rings. The first-order chi connectivity index (χ1) is 6.24. The number of carbonyl (C=O) groups is 1. The molecular formula is C9H17NO3. The minimum Gasteiger partial charge on any atom is -0.480 e. The summed E-state index contributed by atoms with van der Waals surface area (Å²) in [6.07, 6.45) is 1.67. The average molecular weight is 187 g/mol. The SMILES string of the molecule is CCC(NCC1CCOC1)C(=O)O. The Morgan fingerprint density at radius 2 is 2.54 bits per heavy atom. The maximum absolute atomic E-state index is 10.6. The third-order valence-electron chi connectivity index (χ3n) is 2.38. The maximum atomic E-state index is 10.6. The zero-order chi connectivity index (χ0) is 9.68. The van der Waals surface area contributed by atoms with E-state index in [9.17, 15) is 4.79 Å². The summed E-state index contributed by atoms with van der Waals surface area (Å²) in [7, 11) is 0. The van der Waals surface area contributed by atoms with E-state index in [1.165, 1.54) is 0 Å². The van der Waals surface area contributed by atoms with Gasteiger partial charge < -0.3 is 15.2 Å². The van der Waals surface area contributed by atoms with Crippen molar-refractivity contribution in [2.75, 3.05) is 19.8 Å². The largest absolute Gasteiger partial charge is 0.480 e. The highest BCUT2D eigenvalue weighted by molar-refractivity contribution is 5.73. The number of ether oxygens (including phenoxy) is 1. The van der Waals surface area contributed by atoms with Crippen molar-refractivity contribution in [2.45, 2.75) is 25.8 Å². The molecule has 0 aromatic heterocycles. The molecule has 1 fully saturated rings. The Kier molecular flexibility index (Phi) is 4.18.